The summed E-state index contributed by atoms with van der Waals surface area (Å²) in [4.78, 5) is 8.47. The molecule has 112 valence electrons. The predicted molar refractivity (Wildman–Crippen MR) is 82.9 cm³/mol. The van der Waals surface area contributed by atoms with Crippen LogP contribution in [-0.2, 0) is 0 Å². The first-order chi connectivity index (χ1) is 9.71. The van der Waals surface area contributed by atoms with Crippen molar-refractivity contribution in [2.24, 2.45) is 0 Å². The smallest absolute Gasteiger partial charge is 0.241 e. The number of hydrogen-bond donors (Lipinski definition) is 1. The zero-order chi connectivity index (χ0) is 14.5. The number of rotatable bonds is 5. The van der Waals surface area contributed by atoms with E-state index in [0.29, 0.717) is 22.7 Å². The van der Waals surface area contributed by atoms with Gasteiger partial charge in [0.2, 0.25) is 11.8 Å². The highest BCUT2D eigenvalue weighted by Gasteiger charge is 2.34. The summed E-state index contributed by atoms with van der Waals surface area (Å²) in [6, 6.07) is 0. The second kappa shape index (κ2) is 7.38. The highest BCUT2D eigenvalue weighted by molar-refractivity contribution is 8.07. The molecule has 3 unspecified atom stereocenters. The van der Waals surface area contributed by atoms with Crippen molar-refractivity contribution in [1.82, 2.24) is 9.97 Å². The third-order valence-corrected chi connectivity index (χ3v) is 6.57. The summed E-state index contributed by atoms with van der Waals surface area (Å²) in [5.41, 5.74) is 0.492. The average Bonchev–Trinajstić information content (AvgIpc) is 2.53. The van der Waals surface area contributed by atoms with E-state index in [2.05, 4.69) is 16.9 Å². The van der Waals surface area contributed by atoms with Crippen molar-refractivity contribution in [2.75, 3.05) is 25.7 Å². The molecule has 1 aliphatic rings. The van der Waals surface area contributed by atoms with Crippen LogP contribution in [0.3, 0.4) is 0 Å². The minimum Gasteiger partial charge on any atom is -0.480 e. The Morgan fingerprint density at radius 3 is 2.75 bits per heavy atom. The van der Waals surface area contributed by atoms with E-state index in [1.54, 1.807) is 11.8 Å². The Morgan fingerprint density at radius 1 is 1.35 bits per heavy atom. The van der Waals surface area contributed by atoms with Crippen LogP contribution in [0.5, 0.6) is 11.8 Å². The molecule has 0 bridgehead atoms. The van der Waals surface area contributed by atoms with Crippen molar-refractivity contribution in [1.29, 1.82) is 0 Å². The molecule has 1 aromatic heterocycles. The van der Waals surface area contributed by atoms with E-state index in [1.165, 1.54) is 20.4 Å². The lowest BCUT2D eigenvalue weighted by Crippen LogP contribution is -2.31. The van der Waals surface area contributed by atoms with Crippen LogP contribution in [0.25, 0.3) is 0 Å². The first-order valence-corrected chi connectivity index (χ1v) is 8.67. The number of aliphatic hydroxyl groups is 1. The molecular weight excluding hydrogens is 296 g/mol. The first-order valence-electron chi connectivity index (χ1n) is 6.57. The Kier molecular flexibility index (Phi) is 5.80. The zero-order valence-electron chi connectivity index (χ0n) is 11.9. The lowest BCUT2D eigenvalue weighted by Gasteiger charge is -2.33. The Hall–Kier alpha value is -0.660. The van der Waals surface area contributed by atoms with E-state index in [9.17, 15) is 5.11 Å². The van der Waals surface area contributed by atoms with Gasteiger partial charge in [0, 0.05) is 22.0 Å². The lowest BCUT2D eigenvalue weighted by atomic mass is 10.1. The molecule has 2 rings (SSSR count). The Balaban J connectivity index is 2.25. The van der Waals surface area contributed by atoms with Gasteiger partial charge in [-0.3, -0.25) is 0 Å². The van der Waals surface area contributed by atoms with Crippen LogP contribution in [0.1, 0.15) is 25.1 Å². The van der Waals surface area contributed by atoms with E-state index >= 15 is 0 Å². The largest absolute Gasteiger partial charge is 0.480 e. The monoisotopic (exact) mass is 316 g/mol. The van der Waals surface area contributed by atoms with Crippen molar-refractivity contribution in [3.8, 4) is 11.8 Å². The van der Waals surface area contributed by atoms with Crippen LogP contribution >= 0.6 is 23.5 Å². The average molecular weight is 316 g/mol. The molecule has 0 aromatic carbocycles. The molecule has 2 heterocycles. The van der Waals surface area contributed by atoms with E-state index in [1.807, 2.05) is 11.8 Å². The first kappa shape index (κ1) is 15.7. The minimum absolute atomic E-state index is 0.121. The molecular formula is C13H20N2O3S2. The SMILES string of the molecule is CCC1SCCSC1C(O)c1ncc(OC)nc1OC. The molecule has 0 saturated carbocycles. The fourth-order valence-electron chi connectivity index (χ4n) is 2.20. The molecule has 0 amide bonds. The Labute approximate surface area is 127 Å². The fourth-order valence-corrected chi connectivity index (χ4v) is 5.31. The van der Waals surface area contributed by atoms with Gasteiger partial charge in [-0.1, -0.05) is 6.92 Å². The van der Waals surface area contributed by atoms with Crippen molar-refractivity contribution >= 4 is 23.5 Å². The number of ether oxygens (including phenoxy) is 2. The standard InChI is InChI=1S/C13H20N2O3S2/c1-4-8-12(20-6-5-19-8)11(16)10-13(18-3)15-9(17-2)7-14-10/h7-8,11-12,16H,4-6H2,1-3H3. The third-order valence-electron chi connectivity index (χ3n) is 3.23. The minimum atomic E-state index is -0.675. The summed E-state index contributed by atoms with van der Waals surface area (Å²) in [6.07, 6.45) is 1.87. The van der Waals surface area contributed by atoms with E-state index < -0.39 is 6.10 Å². The summed E-state index contributed by atoms with van der Waals surface area (Å²) in [5.74, 6) is 2.91. The summed E-state index contributed by atoms with van der Waals surface area (Å²) >= 11 is 3.72. The van der Waals surface area contributed by atoms with Gasteiger partial charge in [0.1, 0.15) is 11.8 Å². The van der Waals surface area contributed by atoms with Gasteiger partial charge in [-0.25, -0.2) is 4.98 Å². The quantitative estimate of drug-likeness (QED) is 0.893. The van der Waals surface area contributed by atoms with Crippen LogP contribution in [0.15, 0.2) is 6.20 Å². The number of nitrogens with zero attached hydrogens (tertiary/aromatic N) is 2. The summed E-state index contributed by atoms with van der Waals surface area (Å²) in [7, 11) is 3.06. The van der Waals surface area contributed by atoms with Gasteiger partial charge in [-0.05, 0) is 6.42 Å². The van der Waals surface area contributed by atoms with E-state index in [-0.39, 0.29) is 5.25 Å². The third kappa shape index (κ3) is 3.32. The van der Waals surface area contributed by atoms with Gasteiger partial charge >= 0.3 is 0 Å². The van der Waals surface area contributed by atoms with Crippen molar-refractivity contribution in [2.45, 2.75) is 29.9 Å². The van der Waals surface area contributed by atoms with Crippen LogP contribution in [0.2, 0.25) is 0 Å². The molecule has 7 heteroatoms. The van der Waals surface area contributed by atoms with Crippen LogP contribution in [0.4, 0.5) is 0 Å². The molecule has 0 aliphatic carbocycles. The van der Waals surface area contributed by atoms with Gasteiger partial charge in [0.05, 0.1) is 20.4 Å². The van der Waals surface area contributed by atoms with Gasteiger partial charge < -0.3 is 14.6 Å². The number of methoxy groups -OCH3 is 2. The normalized spacial score (nSPS) is 24.2. The van der Waals surface area contributed by atoms with Gasteiger partial charge in [0.15, 0.2) is 0 Å². The van der Waals surface area contributed by atoms with Crippen molar-refractivity contribution < 1.29 is 14.6 Å². The molecule has 20 heavy (non-hydrogen) atoms. The van der Waals surface area contributed by atoms with Gasteiger partial charge in [0.25, 0.3) is 0 Å². The second-order valence-electron chi connectivity index (χ2n) is 4.40. The molecule has 1 fully saturated rings. The molecule has 1 aliphatic heterocycles. The summed E-state index contributed by atoms with van der Waals surface area (Å²) in [6.45, 7) is 2.15. The maximum atomic E-state index is 10.7. The molecule has 5 nitrogen and oxygen atoms in total. The van der Waals surface area contributed by atoms with E-state index in [4.69, 9.17) is 9.47 Å². The topological polar surface area (TPSA) is 64.5 Å². The maximum absolute atomic E-state index is 10.7. The van der Waals surface area contributed by atoms with Crippen LogP contribution < -0.4 is 9.47 Å². The number of aliphatic hydroxyl groups excluding tert-OH is 1. The zero-order valence-corrected chi connectivity index (χ0v) is 13.5. The molecule has 1 aromatic rings. The van der Waals surface area contributed by atoms with Crippen molar-refractivity contribution in [3.63, 3.8) is 0 Å². The maximum Gasteiger partial charge on any atom is 0.241 e. The summed E-state index contributed by atoms with van der Waals surface area (Å²) in [5, 5.41) is 11.2. The second-order valence-corrected chi connectivity index (χ2v) is 7.04. The van der Waals surface area contributed by atoms with Crippen LogP contribution in [-0.4, -0.2) is 51.3 Å². The highest BCUT2D eigenvalue weighted by atomic mass is 32.2. The van der Waals surface area contributed by atoms with Gasteiger partial charge in [-0.2, -0.15) is 28.5 Å². The molecule has 0 spiro atoms. The lowest BCUT2D eigenvalue weighted by molar-refractivity contribution is 0.161. The molecule has 1 saturated heterocycles. The van der Waals surface area contributed by atoms with Gasteiger partial charge in [-0.15, -0.1) is 0 Å². The Morgan fingerprint density at radius 2 is 2.10 bits per heavy atom. The number of aromatic nitrogens is 2. The van der Waals surface area contributed by atoms with Crippen LogP contribution in [0, 0.1) is 0 Å². The fraction of sp³-hybridized carbons (Fsp3) is 0.692. The predicted octanol–water partition coefficient (Wildman–Crippen LogP) is 2.15. The Bertz CT molecular complexity index is 448. The number of hydrogen-bond acceptors (Lipinski definition) is 7. The van der Waals surface area contributed by atoms with Crippen molar-refractivity contribution in [3.05, 3.63) is 11.9 Å². The number of thioether (sulfide) groups is 2. The van der Waals surface area contributed by atoms with E-state index in [0.717, 1.165) is 17.9 Å². The summed E-state index contributed by atoms with van der Waals surface area (Å²) < 4.78 is 10.3. The molecule has 1 N–H and O–H groups in total. The molecule has 0 radical (unpaired) electrons. The highest BCUT2D eigenvalue weighted by Crippen LogP contribution is 2.41. The molecule has 3 atom stereocenters.